The summed E-state index contributed by atoms with van der Waals surface area (Å²) in [5, 5.41) is 12.7. The van der Waals surface area contributed by atoms with E-state index in [2.05, 4.69) is 10.1 Å². The number of nitrogens with one attached hydrogen (secondary N) is 1. The first kappa shape index (κ1) is 13.4. The standard InChI is InChI=1S/C9H20N2O3/c1-9(13,8(12)14-4)7-11(3)6-5-10-2/h10,13H,5-7H2,1-4H3. The third-order valence-corrected chi connectivity index (χ3v) is 1.95. The van der Waals surface area contributed by atoms with Gasteiger partial charge in [0.1, 0.15) is 0 Å². The number of carbonyl (C=O) groups excluding carboxylic acids is 1. The molecular formula is C9H20N2O3. The number of hydrogen-bond donors (Lipinski definition) is 2. The highest BCUT2D eigenvalue weighted by Crippen LogP contribution is 2.06. The van der Waals surface area contributed by atoms with Gasteiger partial charge in [-0.3, -0.25) is 0 Å². The first-order valence-corrected chi connectivity index (χ1v) is 4.58. The van der Waals surface area contributed by atoms with Crippen LogP contribution in [0.4, 0.5) is 0 Å². The lowest BCUT2D eigenvalue weighted by Crippen LogP contribution is -2.47. The van der Waals surface area contributed by atoms with Crippen molar-refractivity contribution in [2.45, 2.75) is 12.5 Å². The van der Waals surface area contributed by atoms with Crippen molar-refractivity contribution in [2.24, 2.45) is 0 Å². The summed E-state index contributed by atoms with van der Waals surface area (Å²) in [5.74, 6) is -0.603. The van der Waals surface area contributed by atoms with Crippen molar-refractivity contribution in [2.75, 3.05) is 40.8 Å². The zero-order valence-electron chi connectivity index (χ0n) is 9.33. The lowest BCUT2D eigenvalue weighted by molar-refractivity contribution is -0.161. The summed E-state index contributed by atoms with van der Waals surface area (Å²) in [6, 6.07) is 0. The average Bonchev–Trinajstić information content (AvgIpc) is 2.12. The normalized spacial score (nSPS) is 15.3. The lowest BCUT2D eigenvalue weighted by Gasteiger charge is -2.26. The maximum absolute atomic E-state index is 11.1. The van der Waals surface area contributed by atoms with Crippen LogP contribution in [0, 0.1) is 0 Å². The molecule has 0 heterocycles. The van der Waals surface area contributed by atoms with Gasteiger partial charge in [-0.25, -0.2) is 4.79 Å². The number of aliphatic hydroxyl groups is 1. The molecule has 2 N–H and O–H groups in total. The Morgan fingerprint density at radius 2 is 2.21 bits per heavy atom. The summed E-state index contributed by atoms with van der Waals surface area (Å²) in [6.45, 7) is 3.30. The summed E-state index contributed by atoms with van der Waals surface area (Å²) >= 11 is 0. The predicted octanol–water partition coefficient (Wildman–Crippen LogP) is -0.938. The fraction of sp³-hybridized carbons (Fsp3) is 0.889. The predicted molar refractivity (Wildman–Crippen MR) is 54.1 cm³/mol. The Hall–Kier alpha value is -0.650. The zero-order valence-corrected chi connectivity index (χ0v) is 9.33. The molecule has 1 atom stereocenters. The van der Waals surface area contributed by atoms with Crippen LogP contribution in [0.1, 0.15) is 6.92 Å². The molecule has 1 unspecified atom stereocenters. The van der Waals surface area contributed by atoms with Crippen LogP contribution < -0.4 is 5.32 Å². The molecule has 0 aromatic rings. The van der Waals surface area contributed by atoms with Gasteiger partial charge in [-0.1, -0.05) is 0 Å². The Bertz CT molecular complexity index is 183. The first-order valence-electron chi connectivity index (χ1n) is 4.58. The fourth-order valence-corrected chi connectivity index (χ4v) is 1.19. The maximum Gasteiger partial charge on any atom is 0.338 e. The van der Waals surface area contributed by atoms with Gasteiger partial charge in [-0.2, -0.15) is 0 Å². The van der Waals surface area contributed by atoms with E-state index in [4.69, 9.17) is 0 Å². The number of hydrogen-bond acceptors (Lipinski definition) is 5. The minimum Gasteiger partial charge on any atom is -0.467 e. The highest BCUT2D eigenvalue weighted by atomic mass is 16.5. The van der Waals surface area contributed by atoms with Gasteiger partial charge in [0.25, 0.3) is 0 Å². The van der Waals surface area contributed by atoms with Crippen LogP contribution in [0.3, 0.4) is 0 Å². The van der Waals surface area contributed by atoms with E-state index in [1.54, 1.807) is 0 Å². The van der Waals surface area contributed by atoms with Crippen molar-refractivity contribution in [1.82, 2.24) is 10.2 Å². The topological polar surface area (TPSA) is 61.8 Å². The number of nitrogens with zero attached hydrogens (tertiary/aromatic N) is 1. The molecule has 0 aromatic heterocycles. The highest BCUT2D eigenvalue weighted by Gasteiger charge is 2.32. The molecule has 0 rings (SSSR count). The minimum atomic E-state index is -1.43. The minimum absolute atomic E-state index is 0.265. The molecule has 84 valence electrons. The van der Waals surface area contributed by atoms with E-state index in [0.717, 1.165) is 13.1 Å². The molecule has 0 saturated heterocycles. The van der Waals surface area contributed by atoms with E-state index in [1.165, 1.54) is 14.0 Å². The number of carbonyl (C=O) groups is 1. The largest absolute Gasteiger partial charge is 0.467 e. The molecule has 14 heavy (non-hydrogen) atoms. The SMILES string of the molecule is CNCCN(C)CC(C)(O)C(=O)OC. The second kappa shape index (κ2) is 5.95. The highest BCUT2D eigenvalue weighted by molar-refractivity contribution is 5.78. The molecule has 0 aliphatic rings. The Balaban J connectivity index is 4.01. The maximum atomic E-state index is 11.1. The van der Waals surface area contributed by atoms with Gasteiger partial charge in [0.2, 0.25) is 0 Å². The molecule has 5 heteroatoms. The van der Waals surface area contributed by atoms with Crippen molar-refractivity contribution in [3.8, 4) is 0 Å². The molecule has 0 fully saturated rings. The van der Waals surface area contributed by atoms with Gasteiger partial charge in [0.15, 0.2) is 5.60 Å². The molecule has 0 saturated carbocycles. The van der Waals surface area contributed by atoms with Crippen LogP contribution in [-0.4, -0.2) is 62.4 Å². The number of methoxy groups -OCH3 is 1. The molecule has 5 nitrogen and oxygen atoms in total. The van der Waals surface area contributed by atoms with Crippen molar-refractivity contribution in [3.63, 3.8) is 0 Å². The summed E-state index contributed by atoms with van der Waals surface area (Å²) in [7, 11) is 4.96. The van der Waals surface area contributed by atoms with Crippen LogP contribution in [0.2, 0.25) is 0 Å². The number of esters is 1. The zero-order chi connectivity index (χ0) is 11.2. The molecule has 0 aliphatic heterocycles. The van der Waals surface area contributed by atoms with Crippen molar-refractivity contribution in [1.29, 1.82) is 0 Å². The summed E-state index contributed by atoms with van der Waals surface area (Å²) in [5.41, 5.74) is -1.43. The van der Waals surface area contributed by atoms with Gasteiger partial charge < -0.3 is 20.1 Å². The van der Waals surface area contributed by atoms with Crippen molar-refractivity contribution >= 4 is 5.97 Å². The van der Waals surface area contributed by atoms with Crippen LogP contribution in [-0.2, 0) is 9.53 Å². The van der Waals surface area contributed by atoms with Crippen LogP contribution in [0.25, 0.3) is 0 Å². The third-order valence-electron chi connectivity index (χ3n) is 1.95. The van der Waals surface area contributed by atoms with Crippen LogP contribution in [0.5, 0.6) is 0 Å². The van der Waals surface area contributed by atoms with Crippen LogP contribution >= 0.6 is 0 Å². The molecule has 0 aliphatic carbocycles. The first-order chi connectivity index (χ1) is 6.44. The number of likely N-dealkylation sites (N-methyl/N-ethyl adjacent to an activating group) is 2. The van der Waals surface area contributed by atoms with E-state index in [1.807, 2.05) is 19.0 Å². The second-order valence-corrected chi connectivity index (χ2v) is 3.61. The lowest BCUT2D eigenvalue weighted by atomic mass is 10.1. The van der Waals surface area contributed by atoms with Crippen LogP contribution in [0.15, 0.2) is 0 Å². The van der Waals surface area contributed by atoms with Gasteiger partial charge in [-0.05, 0) is 21.0 Å². The van der Waals surface area contributed by atoms with E-state index in [0.29, 0.717) is 0 Å². The summed E-state index contributed by atoms with van der Waals surface area (Å²) in [4.78, 5) is 13.0. The van der Waals surface area contributed by atoms with Crippen molar-refractivity contribution in [3.05, 3.63) is 0 Å². The third kappa shape index (κ3) is 4.55. The molecule has 0 bridgehead atoms. The Morgan fingerprint density at radius 3 is 2.64 bits per heavy atom. The van der Waals surface area contributed by atoms with Gasteiger partial charge in [0.05, 0.1) is 7.11 Å². The Labute approximate surface area is 85.0 Å². The van der Waals surface area contributed by atoms with E-state index in [9.17, 15) is 9.90 Å². The monoisotopic (exact) mass is 204 g/mol. The molecule has 0 aromatic carbocycles. The summed E-state index contributed by atoms with van der Waals surface area (Å²) < 4.78 is 4.49. The van der Waals surface area contributed by atoms with Gasteiger partial charge in [-0.15, -0.1) is 0 Å². The molecule has 0 radical (unpaired) electrons. The second-order valence-electron chi connectivity index (χ2n) is 3.61. The number of ether oxygens (including phenoxy) is 1. The molecule has 0 spiro atoms. The van der Waals surface area contributed by atoms with E-state index in [-0.39, 0.29) is 6.54 Å². The van der Waals surface area contributed by atoms with Gasteiger partial charge >= 0.3 is 5.97 Å². The van der Waals surface area contributed by atoms with E-state index < -0.39 is 11.6 Å². The summed E-state index contributed by atoms with van der Waals surface area (Å²) in [6.07, 6.45) is 0. The van der Waals surface area contributed by atoms with Gasteiger partial charge in [0, 0.05) is 19.6 Å². The Kier molecular flexibility index (Phi) is 5.68. The van der Waals surface area contributed by atoms with E-state index >= 15 is 0 Å². The number of rotatable bonds is 6. The average molecular weight is 204 g/mol. The Morgan fingerprint density at radius 1 is 1.64 bits per heavy atom. The molecule has 0 amide bonds. The molecular weight excluding hydrogens is 184 g/mol. The van der Waals surface area contributed by atoms with Crippen molar-refractivity contribution < 1.29 is 14.6 Å². The fourth-order valence-electron chi connectivity index (χ4n) is 1.19. The quantitative estimate of drug-likeness (QED) is 0.547. The smallest absolute Gasteiger partial charge is 0.338 e.